The molecule has 0 aliphatic heterocycles. The van der Waals surface area contributed by atoms with Gasteiger partial charge in [-0.25, -0.2) is 0 Å². The average Bonchev–Trinajstić information content (AvgIpc) is 2.33. The van der Waals surface area contributed by atoms with Crippen LogP contribution in [0.1, 0.15) is 31.9 Å². The van der Waals surface area contributed by atoms with E-state index in [-0.39, 0.29) is 0 Å². The van der Waals surface area contributed by atoms with Crippen LogP contribution in [0.5, 0.6) is 0 Å². The van der Waals surface area contributed by atoms with Gasteiger partial charge in [-0.1, -0.05) is 28.1 Å². The molecule has 4 heteroatoms. The SMILES string of the molecule is CCOC(OCC)(OCC)c1ccc(C)c(Br)c1. The fourth-order valence-electron chi connectivity index (χ4n) is 1.73. The second kappa shape index (κ2) is 7.24. The van der Waals surface area contributed by atoms with Gasteiger partial charge in [-0.2, -0.15) is 0 Å². The van der Waals surface area contributed by atoms with Crippen molar-refractivity contribution in [2.45, 2.75) is 33.7 Å². The Hall–Kier alpha value is -0.420. The van der Waals surface area contributed by atoms with Crippen molar-refractivity contribution in [3.05, 3.63) is 33.8 Å². The Morgan fingerprint density at radius 1 is 1.00 bits per heavy atom. The number of aryl methyl sites for hydroxylation is 1. The van der Waals surface area contributed by atoms with Crippen molar-refractivity contribution in [3.8, 4) is 0 Å². The Bertz CT molecular complexity index is 362. The van der Waals surface area contributed by atoms with Gasteiger partial charge in [0.05, 0.1) is 0 Å². The molecule has 3 nitrogen and oxygen atoms in total. The van der Waals surface area contributed by atoms with Gasteiger partial charge in [0, 0.05) is 29.9 Å². The van der Waals surface area contributed by atoms with Crippen molar-refractivity contribution in [3.63, 3.8) is 0 Å². The Morgan fingerprint density at radius 2 is 1.50 bits per heavy atom. The highest BCUT2D eigenvalue weighted by Gasteiger charge is 2.35. The van der Waals surface area contributed by atoms with E-state index in [1.165, 1.54) is 0 Å². The minimum Gasteiger partial charge on any atom is -0.324 e. The zero-order chi connectivity index (χ0) is 13.6. The molecule has 0 unspecified atom stereocenters. The molecular weight excluding hydrogens is 296 g/mol. The predicted octanol–water partition coefficient (Wildman–Crippen LogP) is 3.98. The summed E-state index contributed by atoms with van der Waals surface area (Å²) in [5.74, 6) is -1.10. The van der Waals surface area contributed by atoms with Crippen molar-refractivity contribution < 1.29 is 14.2 Å². The van der Waals surface area contributed by atoms with Gasteiger partial charge in [0.15, 0.2) is 0 Å². The molecule has 102 valence electrons. The van der Waals surface area contributed by atoms with Crippen LogP contribution in [-0.2, 0) is 20.2 Å². The normalized spacial score (nSPS) is 11.8. The molecule has 0 atom stereocenters. The van der Waals surface area contributed by atoms with Crippen LogP contribution in [0.4, 0.5) is 0 Å². The van der Waals surface area contributed by atoms with Crippen molar-refractivity contribution in [1.82, 2.24) is 0 Å². The minimum absolute atomic E-state index is 0.519. The van der Waals surface area contributed by atoms with Crippen LogP contribution in [0.3, 0.4) is 0 Å². The predicted molar refractivity (Wildman–Crippen MR) is 75.4 cm³/mol. The van der Waals surface area contributed by atoms with Crippen LogP contribution >= 0.6 is 15.9 Å². The molecule has 1 aromatic carbocycles. The van der Waals surface area contributed by atoms with Gasteiger partial charge in [0.1, 0.15) is 0 Å². The molecule has 0 amide bonds. The monoisotopic (exact) mass is 316 g/mol. The van der Waals surface area contributed by atoms with Crippen LogP contribution in [0, 0.1) is 6.92 Å². The zero-order valence-electron chi connectivity index (χ0n) is 11.5. The highest BCUT2D eigenvalue weighted by atomic mass is 79.9. The third kappa shape index (κ3) is 3.54. The lowest BCUT2D eigenvalue weighted by Crippen LogP contribution is -2.36. The molecule has 0 spiro atoms. The first-order valence-corrected chi connectivity index (χ1v) is 7.07. The molecular formula is C14H21BrO3. The summed E-state index contributed by atoms with van der Waals surface area (Å²) in [4.78, 5) is 0. The summed E-state index contributed by atoms with van der Waals surface area (Å²) in [6.45, 7) is 9.38. The lowest BCUT2D eigenvalue weighted by molar-refractivity contribution is -0.389. The van der Waals surface area contributed by atoms with E-state index in [2.05, 4.69) is 15.9 Å². The Balaban J connectivity index is 3.16. The number of benzene rings is 1. The van der Waals surface area contributed by atoms with Gasteiger partial charge >= 0.3 is 5.97 Å². The average molecular weight is 317 g/mol. The smallest absolute Gasteiger partial charge is 0.312 e. The van der Waals surface area contributed by atoms with Crippen molar-refractivity contribution in [2.75, 3.05) is 19.8 Å². The zero-order valence-corrected chi connectivity index (χ0v) is 13.0. The van der Waals surface area contributed by atoms with Gasteiger partial charge in [-0.15, -0.1) is 0 Å². The van der Waals surface area contributed by atoms with Crippen LogP contribution in [0.25, 0.3) is 0 Å². The molecule has 0 aliphatic carbocycles. The molecule has 0 fully saturated rings. The molecule has 0 radical (unpaired) electrons. The van der Waals surface area contributed by atoms with Crippen molar-refractivity contribution in [1.29, 1.82) is 0 Å². The quantitative estimate of drug-likeness (QED) is 0.712. The van der Waals surface area contributed by atoms with Gasteiger partial charge in [0.2, 0.25) is 0 Å². The summed E-state index contributed by atoms with van der Waals surface area (Å²) >= 11 is 3.53. The fourth-order valence-corrected chi connectivity index (χ4v) is 2.11. The van der Waals surface area contributed by atoms with Gasteiger partial charge in [0.25, 0.3) is 0 Å². The fraction of sp³-hybridized carbons (Fsp3) is 0.571. The summed E-state index contributed by atoms with van der Waals surface area (Å²) in [6.07, 6.45) is 0. The van der Waals surface area contributed by atoms with E-state index >= 15 is 0 Å². The molecule has 1 aromatic rings. The Labute approximate surface area is 118 Å². The second-order valence-electron chi connectivity index (χ2n) is 3.82. The van der Waals surface area contributed by atoms with E-state index in [4.69, 9.17) is 14.2 Å². The van der Waals surface area contributed by atoms with Crippen LogP contribution in [0.2, 0.25) is 0 Å². The second-order valence-corrected chi connectivity index (χ2v) is 4.67. The summed E-state index contributed by atoms with van der Waals surface area (Å²) in [5.41, 5.74) is 2.03. The van der Waals surface area contributed by atoms with Gasteiger partial charge in [-0.05, 0) is 39.3 Å². The summed E-state index contributed by atoms with van der Waals surface area (Å²) in [6, 6.07) is 5.97. The maximum atomic E-state index is 5.73. The number of hydrogen-bond acceptors (Lipinski definition) is 3. The maximum Gasteiger partial charge on any atom is 0.312 e. The first kappa shape index (κ1) is 15.6. The molecule has 0 N–H and O–H groups in total. The largest absolute Gasteiger partial charge is 0.324 e. The van der Waals surface area contributed by atoms with Crippen LogP contribution < -0.4 is 0 Å². The van der Waals surface area contributed by atoms with Crippen molar-refractivity contribution in [2.24, 2.45) is 0 Å². The standard InChI is InChI=1S/C14H21BrO3/c1-5-16-14(17-6-2,18-7-3)12-9-8-11(4)13(15)10-12/h8-10H,5-7H2,1-4H3. The molecule has 0 saturated heterocycles. The molecule has 0 saturated carbocycles. The molecule has 0 bridgehead atoms. The lowest BCUT2D eigenvalue weighted by atomic mass is 10.1. The molecule has 18 heavy (non-hydrogen) atoms. The molecule has 0 aliphatic rings. The number of ether oxygens (including phenoxy) is 3. The molecule has 1 rings (SSSR count). The third-order valence-corrected chi connectivity index (χ3v) is 3.38. The number of rotatable bonds is 7. The Kier molecular flexibility index (Phi) is 6.29. The number of halogens is 1. The summed E-state index contributed by atoms with van der Waals surface area (Å²) in [7, 11) is 0. The first-order chi connectivity index (χ1) is 8.59. The lowest BCUT2D eigenvalue weighted by Gasteiger charge is -2.32. The van der Waals surface area contributed by atoms with Gasteiger partial charge < -0.3 is 14.2 Å². The van der Waals surface area contributed by atoms with E-state index in [0.717, 1.165) is 15.6 Å². The van der Waals surface area contributed by atoms with E-state index in [1.807, 2.05) is 45.9 Å². The highest BCUT2D eigenvalue weighted by molar-refractivity contribution is 9.10. The van der Waals surface area contributed by atoms with E-state index in [1.54, 1.807) is 0 Å². The Morgan fingerprint density at radius 3 is 1.89 bits per heavy atom. The minimum atomic E-state index is -1.10. The summed E-state index contributed by atoms with van der Waals surface area (Å²) < 4.78 is 18.2. The maximum absolute atomic E-state index is 5.73. The topological polar surface area (TPSA) is 27.7 Å². The van der Waals surface area contributed by atoms with Crippen molar-refractivity contribution >= 4 is 15.9 Å². The number of hydrogen-bond donors (Lipinski definition) is 0. The molecule has 0 aromatic heterocycles. The summed E-state index contributed by atoms with van der Waals surface area (Å²) in [5, 5.41) is 0. The molecule has 0 heterocycles. The van der Waals surface area contributed by atoms with Crippen LogP contribution in [-0.4, -0.2) is 19.8 Å². The third-order valence-electron chi connectivity index (χ3n) is 2.53. The van der Waals surface area contributed by atoms with E-state index in [9.17, 15) is 0 Å². The van der Waals surface area contributed by atoms with Crippen LogP contribution in [0.15, 0.2) is 22.7 Å². The van der Waals surface area contributed by atoms with E-state index < -0.39 is 5.97 Å². The first-order valence-electron chi connectivity index (χ1n) is 6.28. The van der Waals surface area contributed by atoms with Gasteiger partial charge in [-0.3, -0.25) is 0 Å². The van der Waals surface area contributed by atoms with E-state index in [0.29, 0.717) is 19.8 Å². The highest BCUT2D eigenvalue weighted by Crippen LogP contribution is 2.32.